The van der Waals surface area contributed by atoms with Crippen molar-refractivity contribution in [1.29, 1.82) is 0 Å². The SMILES string of the molecule is Cl.O=C(NC1(CO)CCNCC1)OCc1ccccc1. The fraction of sp³-hybridized carbons (Fsp3) is 0.500. The molecule has 1 amide bonds. The molecule has 0 atom stereocenters. The van der Waals surface area contributed by atoms with E-state index in [-0.39, 0.29) is 25.6 Å². The van der Waals surface area contributed by atoms with Crippen LogP contribution in [0.25, 0.3) is 0 Å². The molecule has 0 radical (unpaired) electrons. The van der Waals surface area contributed by atoms with Gasteiger partial charge in [0.2, 0.25) is 0 Å². The van der Waals surface area contributed by atoms with Gasteiger partial charge in [-0.2, -0.15) is 0 Å². The monoisotopic (exact) mass is 300 g/mol. The first kappa shape index (κ1) is 16.8. The molecule has 2 rings (SSSR count). The highest BCUT2D eigenvalue weighted by molar-refractivity contribution is 5.85. The molecule has 0 bridgehead atoms. The van der Waals surface area contributed by atoms with Gasteiger partial charge in [0.15, 0.2) is 0 Å². The summed E-state index contributed by atoms with van der Waals surface area (Å²) in [6, 6.07) is 9.52. The van der Waals surface area contributed by atoms with E-state index in [0.717, 1.165) is 18.7 Å². The van der Waals surface area contributed by atoms with Crippen LogP contribution in [-0.4, -0.2) is 36.4 Å². The number of ether oxygens (including phenoxy) is 1. The molecule has 0 unspecified atom stereocenters. The van der Waals surface area contributed by atoms with Gasteiger partial charge in [-0.3, -0.25) is 0 Å². The van der Waals surface area contributed by atoms with E-state index in [1.807, 2.05) is 30.3 Å². The lowest BCUT2D eigenvalue weighted by atomic mass is 9.89. The first-order chi connectivity index (χ1) is 9.24. The van der Waals surface area contributed by atoms with E-state index >= 15 is 0 Å². The van der Waals surface area contributed by atoms with E-state index in [1.54, 1.807) is 0 Å². The maximum absolute atomic E-state index is 11.8. The maximum Gasteiger partial charge on any atom is 0.407 e. The zero-order valence-electron chi connectivity index (χ0n) is 11.3. The Morgan fingerprint density at radius 2 is 1.95 bits per heavy atom. The van der Waals surface area contributed by atoms with Crippen LogP contribution in [0, 0.1) is 0 Å². The number of hydrogen-bond acceptors (Lipinski definition) is 4. The number of halogens is 1. The average Bonchev–Trinajstić information content (AvgIpc) is 2.47. The third-order valence-corrected chi connectivity index (χ3v) is 3.44. The number of amides is 1. The molecule has 1 saturated heterocycles. The van der Waals surface area contributed by atoms with Gasteiger partial charge in [0, 0.05) is 0 Å². The number of carbonyl (C=O) groups excluding carboxylic acids is 1. The number of hydrogen-bond donors (Lipinski definition) is 3. The molecule has 1 aliphatic rings. The molecule has 0 saturated carbocycles. The van der Waals surface area contributed by atoms with E-state index in [9.17, 15) is 9.90 Å². The van der Waals surface area contributed by atoms with E-state index in [2.05, 4.69) is 10.6 Å². The van der Waals surface area contributed by atoms with Crippen molar-refractivity contribution < 1.29 is 14.6 Å². The van der Waals surface area contributed by atoms with Crippen molar-refractivity contribution in [3.63, 3.8) is 0 Å². The van der Waals surface area contributed by atoms with Crippen molar-refractivity contribution >= 4 is 18.5 Å². The first-order valence-corrected chi connectivity index (χ1v) is 6.55. The van der Waals surface area contributed by atoms with Crippen LogP contribution in [0.4, 0.5) is 4.79 Å². The predicted octanol–water partition coefficient (Wildman–Crippen LogP) is 1.45. The van der Waals surface area contributed by atoms with Gasteiger partial charge in [0.25, 0.3) is 0 Å². The fourth-order valence-electron chi connectivity index (χ4n) is 2.20. The van der Waals surface area contributed by atoms with Crippen LogP contribution < -0.4 is 10.6 Å². The van der Waals surface area contributed by atoms with Crippen molar-refractivity contribution in [2.75, 3.05) is 19.7 Å². The summed E-state index contributed by atoms with van der Waals surface area (Å²) in [5, 5.41) is 15.5. The van der Waals surface area contributed by atoms with Crippen molar-refractivity contribution in [3.8, 4) is 0 Å². The van der Waals surface area contributed by atoms with Gasteiger partial charge in [0.1, 0.15) is 6.61 Å². The number of benzene rings is 1. The first-order valence-electron chi connectivity index (χ1n) is 6.55. The minimum absolute atomic E-state index is 0. The molecule has 1 fully saturated rings. The summed E-state index contributed by atoms with van der Waals surface area (Å²) in [7, 11) is 0. The molecule has 1 aliphatic heterocycles. The molecule has 0 aromatic heterocycles. The molecule has 0 aliphatic carbocycles. The Morgan fingerprint density at radius 3 is 2.55 bits per heavy atom. The normalized spacial score (nSPS) is 16.9. The molecule has 1 aromatic carbocycles. The Hall–Kier alpha value is -1.30. The van der Waals surface area contributed by atoms with E-state index in [0.29, 0.717) is 12.8 Å². The third-order valence-electron chi connectivity index (χ3n) is 3.44. The molecule has 20 heavy (non-hydrogen) atoms. The second-order valence-corrected chi connectivity index (χ2v) is 4.88. The van der Waals surface area contributed by atoms with E-state index in [1.165, 1.54) is 0 Å². The molecule has 0 spiro atoms. The quantitative estimate of drug-likeness (QED) is 0.787. The van der Waals surface area contributed by atoms with Gasteiger partial charge in [-0.05, 0) is 31.5 Å². The summed E-state index contributed by atoms with van der Waals surface area (Å²) >= 11 is 0. The second kappa shape index (κ2) is 8.09. The topological polar surface area (TPSA) is 70.6 Å². The number of rotatable bonds is 4. The fourth-order valence-corrected chi connectivity index (χ4v) is 2.20. The summed E-state index contributed by atoms with van der Waals surface area (Å²) < 4.78 is 5.18. The van der Waals surface area contributed by atoms with Gasteiger partial charge >= 0.3 is 6.09 Å². The highest BCUT2D eigenvalue weighted by Crippen LogP contribution is 2.17. The minimum atomic E-state index is -0.543. The van der Waals surface area contributed by atoms with Crippen molar-refractivity contribution in [2.45, 2.75) is 25.0 Å². The number of nitrogens with one attached hydrogen (secondary N) is 2. The smallest absolute Gasteiger partial charge is 0.407 e. The van der Waals surface area contributed by atoms with Crippen LogP contribution in [0.1, 0.15) is 18.4 Å². The van der Waals surface area contributed by atoms with Gasteiger partial charge < -0.3 is 20.5 Å². The lowest BCUT2D eigenvalue weighted by Gasteiger charge is -2.36. The molecule has 1 heterocycles. The number of alkyl carbamates (subject to hydrolysis) is 1. The van der Waals surface area contributed by atoms with Crippen molar-refractivity contribution in [3.05, 3.63) is 35.9 Å². The summed E-state index contributed by atoms with van der Waals surface area (Å²) in [6.07, 6.45) is 0.952. The van der Waals surface area contributed by atoms with Crippen LogP contribution in [0.3, 0.4) is 0 Å². The van der Waals surface area contributed by atoms with Gasteiger partial charge in [-0.15, -0.1) is 12.4 Å². The molecule has 112 valence electrons. The molecule has 5 nitrogen and oxygen atoms in total. The Kier molecular flexibility index (Phi) is 6.78. The highest BCUT2D eigenvalue weighted by atomic mass is 35.5. The Labute approximate surface area is 125 Å². The van der Waals surface area contributed by atoms with Crippen molar-refractivity contribution in [2.24, 2.45) is 0 Å². The molecule has 6 heteroatoms. The summed E-state index contributed by atoms with van der Waals surface area (Å²) in [5.41, 5.74) is 0.403. The molecule has 1 aromatic rings. The van der Waals surface area contributed by atoms with Gasteiger partial charge in [0.05, 0.1) is 12.1 Å². The van der Waals surface area contributed by atoms with Crippen LogP contribution in [0.15, 0.2) is 30.3 Å². The van der Waals surface area contributed by atoms with Gasteiger partial charge in [-0.1, -0.05) is 30.3 Å². The average molecular weight is 301 g/mol. The number of aliphatic hydroxyl groups excluding tert-OH is 1. The number of carbonyl (C=O) groups is 1. The summed E-state index contributed by atoms with van der Waals surface area (Å²) in [4.78, 5) is 11.8. The van der Waals surface area contributed by atoms with Crippen molar-refractivity contribution in [1.82, 2.24) is 10.6 Å². The number of aliphatic hydroxyl groups is 1. The second-order valence-electron chi connectivity index (χ2n) is 4.88. The largest absolute Gasteiger partial charge is 0.445 e. The third kappa shape index (κ3) is 4.67. The standard InChI is InChI=1S/C14H20N2O3.ClH/c17-11-14(6-8-15-9-7-14)16-13(18)19-10-12-4-2-1-3-5-12;/h1-5,15,17H,6-11H2,(H,16,18);1H. The Balaban J connectivity index is 0.00000200. The summed E-state index contributed by atoms with van der Waals surface area (Å²) in [6.45, 7) is 1.76. The van der Waals surface area contributed by atoms with Gasteiger partial charge in [-0.25, -0.2) is 4.79 Å². The zero-order valence-corrected chi connectivity index (χ0v) is 12.1. The minimum Gasteiger partial charge on any atom is -0.445 e. The molecular formula is C14H21ClN2O3. The van der Waals surface area contributed by atoms with E-state index in [4.69, 9.17) is 4.74 Å². The van der Waals surface area contributed by atoms with Crippen LogP contribution in [-0.2, 0) is 11.3 Å². The molecular weight excluding hydrogens is 280 g/mol. The lowest BCUT2D eigenvalue weighted by molar-refractivity contribution is 0.0922. The zero-order chi connectivity index (χ0) is 13.6. The lowest BCUT2D eigenvalue weighted by Crippen LogP contribution is -2.56. The van der Waals surface area contributed by atoms with Crippen LogP contribution >= 0.6 is 12.4 Å². The Morgan fingerprint density at radius 1 is 1.30 bits per heavy atom. The Bertz CT molecular complexity index is 408. The molecule has 3 N–H and O–H groups in total. The summed E-state index contributed by atoms with van der Waals surface area (Å²) in [5.74, 6) is 0. The van der Waals surface area contributed by atoms with E-state index < -0.39 is 11.6 Å². The highest BCUT2D eigenvalue weighted by Gasteiger charge is 2.33. The maximum atomic E-state index is 11.8. The number of piperidine rings is 1. The van der Waals surface area contributed by atoms with Crippen LogP contribution in [0.5, 0.6) is 0 Å². The van der Waals surface area contributed by atoms with Crippen LogP contribution in [0.2, 0.25) is 0 Å². The predicted molar refractivity (Wildman–Crippen MR) is 78.9 cm³/mol.